The smallest absolute Gasteiger partial charge is 0.319 e. The van der Waals surface area contributed by atoms with Gasteiger partial charge in [-0.25, -0.2) is 9.18 Å². The number of rotatable bonds is 7. The minimum Gasteiger partial charge on any atom is -0.493 e. The molecule has 6 nitrogen and oxygen atoms in total. The van der Waals surface area contributed by atoms with Crippen molar-refractivity contribution in [2.45, 2.75) is 13.5 Å². The van der Waals surface area contributed by atoms with Crippen LogP contribution < -0.4 is 20.1 Å². The summed E-state index contributed by atoms with van der Waals surface area (Å²) in [5.74, 6) is 0.718. The number of aliphatic hydroxyl groups is 1. The number of hydrogen-bond acceptors (Lipinski definition) is 4. The van der Waals surface area contributed by atoms with E-state index >= 15 is 0 Å². The van der Waals surface area contributed by atoms with Crippen molar-refractivity contribution < 1.29 is 23.8 Å². The zero-order chi connectivity index (χ0) is 18.2. The fourth-order valence-electron chi connectivity index (χ4n) is 2.18. The Hall–Kier alpha value is -2.80. The number of carbonyl (C=O) groups excluding carboxylic acids is 1. The first kappa shape index (κ1) is 18.5. The van der Waals surface area contributed by atoms with Crippen molar-refractivity contribution in [1.82, 2.24) is 5.32 Å². The molecule has 0 fully saturated rings. The zero-order valence-electron chi connectivity index (χ0n) is 14.1. The molecule has 0 spiro atoms. The molecule has 134 valence electrons. The number of aryl methyl sites for hydroxylation is 1. The second-order valence-electron chi connectivity index (χ2n) is 5.33. The maximum atomic E-state index is 13.2. The topological polar surface area (TPSA) is 79.8 Å². The molecule has 0 unspecified atom stereocenters. The number of halogens is 1. The Morgan fingerprint density at radius 2 is 2.00 bits per heavy atom. The minimum absolute atomic E-state index is 0.0878. The van der Waals surface area contributed by atoms with E-state index < -0.39 is 6.03 Å². The Bertz CT molecular complexity index is 737. The van der Waals surface area contributed by atoms with Gasteiger partial charge in [-0.15, -0.1) is 0 Å². The molecule has 7 heteroatoms. The van der Waals surface area contributed by atoms with E-state index in [0.29, 0.717) is 22.7 Å². The number of methoxy groups -OCH3 is 1. The van der Waals surface area contributed by atoms with Crippen molar-refractivity contribution >= 4 is 11.7 Å². The van der Waals surface area contributed by atoms with Gasteiger partial charge >= 0.3 is 6.03 Å². The van der Waals surface area contributed by atoms with Gasteiger partial charge in [-0.2, -0.15) is 0 Å². The summed E-state index contributed by atoms with van der Waals surface area (Å²) < 4.78 is 23.8. The van der Waals surface area contributed by atoms with Gasteiger partial charge in [0, 0.05) is 12.2 Å². The highest BCUT2D eigenvalue weighted by Crippen LogP contribution is 2.28. The molecule has 2 amide bonds. The summed E-state index contributed by atoms with van der Waals surface area (Å²) in [6, 6.07) is 9.22. The van der Waals surface area contributed by atoms with E-state index in [9.17, 15) is 9.18 Å². The monoisotopic (exact) mass is 348 g/mol. The van der Waals surface area contributed by atoms with Gasteiger partial charge in [0.25, 0.3) is 0 Å². The van der Waals surface area contributed by atoms with E-state index in [1.165, 1.54) is 19.2 Å². The van der Waals surface area contributed by atoms with E-state index in [2.05, 4.69) is 10.6 Å². The zero-order valence-corrected chi connectivity index (χ0v) is 14.1. The summed E-state index contributed by atoms with van der Waals surface area (Å²) in [5.41, 5.74) is 1.79. The molecule has 0 atom stereocenters. The van der Waals surface area contributed by atoms with E-state index in [1.54, 1.807) is 31.2 Å². The van der Waals surface area contributed by atoms with Crippen LogP contribution in [0.2, 0.25) is 0 Å². The highest BCUT2D eigenvalue weighted by atomic mass is 19.1. The van der Waals surface area contributed by atoms with E-state index in [0.717, 1.165) is 5.56 Å². The molecule has 0 radical (unpaired) electrons. The number of urea groups is 1. The summed E-state index contributed by atoms with van der Waals surface area (Å²) in [7, 11) is 1.52. The largest absolute Gasteiger partial charge is 0.493 e. The van der Waals surface area contributed by atoms with Crippen LogP contribution in [0.3, 0.4) is 0 Å². The lowest BCUT2D eigenvalue weighted by molar-refractivity contribution is 0.196. The standard InChI is InChI=1S/C18H21FN2O4/c1-12-9-14(4-5-15(12)19)21-18(23)20-11-13-3-6-16(25-8-7-22)17(10-13)24-2/h3-6,9-10,22H,7-8,11H2,1-2H3,(H2,20,21,23). The fraction of sp³-hybridized carbons (Fsp3) is 0.278. The van der Waals surface area contributed by atoms with Crippen LogP contribution in [0.5, 0.6) is 11.5 Å². The average molecular weight is 348 g/mol. The first-order valence-corrected chi connectivity index (χ1v) is 7.75. The third kappa shape index (κ3) is 5.36. The average Bonchev–Trinajstić information content (AvgIpc) is 2.61. The molecule has 0 aliphatic rings. The lowest BCUT2D eigenvalue weighted by Gasteiger charge is -2.12. The normalized spacial score (nSPS) is 10.2. The van der Waals surface area contributed by atoms with Gasteiger partial charge in [-0.1, -0.05) is 6.07 Å². The molecule has 2 aromatic rings. The Balaban J connectivity index is 1.93. The number of amides is 2. The predicted molar refractivity (Wildman–Crippen MR) is 92.6 cm³/mol. The second kappa shape index (κ2) is 8.89. The van der Waals surface area contributed by atoms with E-state index in [4.69, 9.17) is 14.6 Å². The molecule has 2 rings (SSSR count). The maximum Gasteiger partial charge on any atom is 0.319 e. The summed E-state index contributed by atoms with van der Waals surface area (Å²) in [6.07, 6.45) is 0. The minimum atomic E-state index is -0.398. The van der Waals surface area contributed by atoms with E-state index in [1.807, 2.05) is 0 Å². The predicted octanol–water partition coefficient (Wildman–Crippen LogP) is 2.84. The molecular formula is C18H21FN2O4. The number of carbonyl (C=O) groups is 1. The van der Waals surface area contributed by atoms with Crippen molar-refractivity contribution in [3.05, 3.63) is 53.3 Å². The van der Waals surface area contributed by atoms with Crippen molar-refractivity contribution in [2.24, 2.45) is 0 Å². The molecule has 0 aliphatic heterocycles. The summed E-state index contributed by atoms with van der Waals surface area (Å²) in [5, 5.41) is 14.2. The van der Waals surface area contributed by atoms with Crippen LogP contribution in [0.15, 0.2) is 36.4 Å². The number of anilines is 1. The molecule has 0 bridgehead atoms. The van der Waals surface area contributed by atoms with Gasteiger partial charge < -0.3 is 25.2 Å². The Morgan fingerprint density at radius 3 is 2.68 bits per heavy atom. The molecular weight excluding hydrogens is 327 g/mol. The third-order valence-corrected chi connectivity index (χ3v) is 3.45. The van der Waals surface area contributed by atoms with E-state index in [-0.39, 0.29) is 25.6 Å². The number of benzene rings is 2. The number of ether oxygens (including phenoxy) is 2. The van der Waals surface area contributed by atoms with Gasteiger partial charge in [-0.05, 0) is 48.4 Å². The molecule has 2 aromatic carbocycles. The first-order valence-electron chi connectivity index (χ1n) is 7.75. The Labute approximate surface area is 145 Å². The molecule has 0 saturated carbocycles. The Morgan fingerprint density at radius 1 is 1.20 bits per heavy atom. The lowest BCUT2D eigenvalue weighted by Crippen LogP contribution is -2.28. The van der Waals surface area contributed by atoms with Gasteiger partial charge in [0.05, 0.1) is 13.7 Å². The number of hydrogen-bond donors (Lipinski definition) is 3. The van der Waals surface area contributed by atoms with Crippen LogP contribution in [-0.2, 0) is 6.54 Å². The Kier molecular flexibility index (Phi) is 6.59. The second-order valence-corrected chi connectivity index (χ2v) is 5.33. The van der Waals surface area contributed by atoms with Crippen molar-refractivity contribution in [3.8, 4) is 11.5 Å². The van der Waals surface area contributed by atoms with Crippen LogP contribution >= 0.6 is 0 Å². The van der Waals surface area contributed by atoms with Crippen molar-refractivity contribution in [3.63, 3.8) is 0 Å². The highest BCUT2D eigenvalue weighted by molar-refractivity contribution is 5.89. The van der Waals surface area contributed by atoms with Crippen molar-refractivity contribution in [2.75, 3.05) is 25.6 Å². The molecule has 0 saturated heterocycles. The van der Waals surface area contributed by atoms with Crippen LogP contribution in [0.1, 0.15) is 11.1 Å². The first-order chi connectivity index (χ1) is 12.0. The molecule has 3 N–H and O–H groups in total. The van der Waals surface area contributed by atoms with Gasteiger partial charge in [0.1, 0.15) is 12.4 Å². The third-order valence-electron chi connectivity index (χ3n) is 3.45. The highest BCUT2D eigenvalue weighted by Gasteiger charge is 2.08. The van der Waals surface area contributed by atoms with Gasteiger partial charge in [-0.3, -0.25) is 0 Å². The van der Waals surface area contributed by atoms with Crippen LogP contribution in [-0.4, -0.2) is 31.5 Å². The summed E-state index contributed by atoms with van der Waals surface area (Å²) >= 11 is 0. The van der Waals surface area contributed by atoms with Crippen LogP contribution in [0.25, 0.3) is 0 Å². The quantitative estimate of drug-likeness (QED) is 0.719. The van der Waals surface area contributed by atoms with Gasteiger partial charge in [0.2, 0.25) is 0 Å². The SMILES string of the molecule is COc1cc(CNC(=O)Nc2ccc(F)c(C)c2)ccc1OCCO. The van der Waals surface area contributed by atoms with Crippen molar-refractivity contribution in [1.29, 1.82) is 0 Å². The maximum absolute atomic E-state index is 13.2. The molecule has 25 heavy (non-hydrogen) atoms. The molecule has 0 aliphatic carbocycles. The van der Waals surface area contributed by atoms with Crippen LogP contribution in [0, 0.1) is 12.7 Å². The molecule has 0 heterocycles. The van der Waals surface area contributed by atoms with Gasteiger partial charge in [0.15, 0.2) is 11.5 Å². The van der Waals surface area contributed by atoms with Crippen LogP contribution in [0.4, 0.5) is 14.9 Å². The summed E-state index contributed by atoms with van der Waals surface area (Å²) in [4.78, 5) is 11.9. The molecule has 0 aromatic heterocycles. The summed E-state index contributed by atoms with van der Waals surface area (Å²) in [6.45, 7) is 2.00. The number of nitrogens with one attached hydrogen (secondary N) is 2. The lowest BCUT2D eigenvalue weighted by atomic mass is 10.2. The fourth-order valence-corrected chi connectivity index (χ4v) is 2.18. The number of aliphatic hydroxyl groups excluding tert-OH is 1.